The van der Waals surface area contributed by atoms with Crippen LogP contribution in [0, 0.1) is 5.82 Å². The summed E-state index contributed by atoms with van der Waals surface area (Å²) in [5.41, 5.74) is 2.07. The molecule has 1 fully saturated rings. The normalized spacial score (nSPS) is 15.9. The van der Waals surface area contributed by atoms with Gasteiger partial charge in [0.05, 0.1) is 12.6 Å². The van der Waals surface area contributed by atoms with Crippen LogP contribution >= 0.6 is 0 Å². The van der Waals surface area contributed by atoms with E-state index in [2.05, 4.69) is 43.0 Å². The lowest BCUT2D eigenvalue weighted by atomic mass is 10.1. The fourth-order valence-corrected chi connectivity index (χ4v) is 3.94. The number of anilines is 1. The summed E-state index contributed by atoms with van der Waals surface area (Å²) in [5.74, 6) is 1.31. The second-order valence-electron chi connectivity index (χ2n) is 8.10. The van der Waals surface area contributed by atoms with Crippen molar-refractivity contribution in [3.63, 3.8) is 0 Å². The van der Waals surface area contributed by atoms with Crippen LogP contribution in [-0.2, 0) is 19.6 Å². The van der Waals surface area contributed by atoms with Crippen LogP contribution in [0.15, 0.2) is 48.5 Å². The van der Waals surface area contributed by atoms with Gasteiger partial charge in [0.25, 0.3) is 5.91 Å². The van der Waals surface area contributed by atoms with Gasteiger partial charge < -0.3 is 20.5 Å². The number of carbonyl (C=O) groups is 1. The maximum atomic E-state index is 13.3. The van der Waals surface area contributed by atoms with Gasteiger partial charge in [-0.1, -0.05) is 25.1 Å². The first kappa shape index (κ1) is 22.9. The average Bonchev–Trinajstić information content (AvgIpc) is 3.25. The van der Waals surface area contributed by atoms with E-state index in [-0.39, 0.29) is 24.3 Å². The maximum absolute atomic E-state index is 13.3. The van der Waals surface area contributed by atoms with Crippen LogP contribution in [0.3, 0.4) is 0 Å². The molecule has 1 amide bonds. The van der Waals surface area contributed by atoms with Crippen LogP contribution in [0.5, 0.6) is 0 Å². The molecule has 0 spiro atoms. The van der Waals surface area contributed by atoms with Crippen molar-refractivity contribution in [2.24, 2.45) is 0 Å². The Morgan fingerprint density at radius 3 is 2.85 bits per heavy atom. The van der Waals surface area contributed by atoms with E-state index in [4.69, 9.17) is 0 Å². The minimum atomic E-state index is -0.317. The molecule has 0 saturated carbocycles. The van der Waals surface area contributed by atoms with Crippen molar-refractivity contribution >= 4 is 11.6 Å². The highest BCUT2D eigenvalue weighted by molar-refractivity contribution is 5.95. The summed E-state index contributed by atoms with van der Waals surface area (Å²) in [7, 11) is 0. The number of nitrogens with one attached hydrogen (secondary N) is 4. The van der Waals surface area contributed by atoms with Crippen molar-refractivity contribution in [2.75, 3.05) is 18.5 Å². The molecule has 2 heterocycles. The van der Waals surface area contributed by atoms with Crippen LogP contribution in [0.4, 0.5) is 10.1 Å². The van der Waals surface area contributed by atoms with Crippen molar-refractivity contribution in [1.82, 2.24) is 30.7 Å². The van der Waals surface area contributed by atoms with Gasteiger partial charge in [0, 0.05) is 31.0 Å². The third-order valence-corrected chi connectivity index (χ3v) is 5.62. The highest BCUT2D eigenvalue weighted by Gasteiger charge is 2.22. The van der Waals surface area contributed by atoms with Crippen LogP contribution in [-0.4, -0.2) is 33.9 Å². The first-order valence-electron chi connectivity index (χ1n) is 11.4. The van der Waals surface area contributed by atoms with Crippen LogP contribution in [0.25, 0.3) is 0 Å². The van der Waals surface area contributed by atoms with E-state index >= 15 is 0 Å². The number of benzene rings is 2. The molecule has 0 bridgehead atoms. The molecule has 9 heteroatoms. The molecule has 1 unspecified atom stereocenters. The Morgan fingerprint density at radius 1 is 1.18 bits per heavy atom. The molecule has 1 aromatic heterocycles. The number of carbonyl (C=O) groups excluding carboxylic acids is 1. The summed E-state index contributed by atoms with van der Waals surface area (Å²) in [6.45, 7) is 5.49. The smallest absolute Gasteiger partial charge is 0.251 e. The standard InChI is InChI=1S/C24H30FN7O/c1-2-11-32-22(30-31-23(32)21-9-10-26-16-29-21)15-27-20-8-4-6-18(13-20)24(33)28-14-17-5-3-7-19(25)12-17/h3-8,12-13,21,26-27,29H,2,9-11,14-16H2,1H3,(H,28,33). The zero-order valence-corrected chi connectivity index (χ0v) is 18.8. The van der Waals surface area contributed by atoms with Gasteiger partial charge in [0.15, 0.2) is 5.82 Å². The Bertz CT molecular complexity index is 1080. The summed E-state index contributed by atoms with van der Waals surface area (Å²) < 4.78 is 15.5. The first-order valence-corrected chi connectivity index (χ1v) is 11.4. The Hall–Kier alpha value is -3.30. The molecule has 4 N–H and O–H groups in total. The SMILES string of the molecule is CCCn1c(CNc2cccc(C(=O)NCc3cccc(F)c3)c2)nnc1C1CCNCN1. The van der Waals surface area contributed by atoms with E-state index in [1.165, 1.54) is 12.1 Å². The van der Waals surface area contributed by atoms with Gasteiger partial charge in [-0.3, -0.25) is 10.1 Å². The minimum absolute atomic E-state index is 0.198. The van der Waals surface area contributed by atoms with Crippen molar-refractivity contribution < 1.29 is 9.18 Å². The quantitative estimate of drug-likeness (QED) is 0.400. The fourth-order valence-electron chi connectivity index (χ4n) is 3.94. The van der Waals surface area contributed by atoms with Gasteiger partial charge >= 0.3 is 0 Å². The first-order chi connectivity index (χ1) is 16.1. The second-order valence-corrected chi connectivity index (χ2v) is 8.10. The third kappa shape index (κ3) is 5.94. The van der Waals surface area contributed by atoms with Crippen LogP contribution in [0.2, 0.25) is 0 Å². The highest BCUT2D eigenvalue weighted by Crippen LogP contribution is 2.19. The predicted octanol–water partition coefficient (Wildman–Crippen LogP) is 2.95. The lowest BCUT2D eigenvalue weighted by Gasteiger charge is -2.24. The molecule has 1 saturated heterocycles. The van der Waals surface area contributed by atoms with Gasteiger partial charge in [-0.15, -0.1) is 10.2 Å². The van der Waals surface area contributed by atoms with E-state index in [0.717, 1.165) is 49.9 Å². The number of rotatable bonds is 9. The van der Waals surface area contributed by atoms with Crippen molar-refractivity contribution in [3.8, 4) is 0 Å². The van der Waals surface area contributed by atoms with E-state index in [9.17, 15) is 9.18 Å². The molecule has 1 atom stereocenters. The zero-order valence-electron chi connectivity index (χ0n) is 18.8. The molecule has 2 aromatic carbocycles. The molecular weight excluding hydrogens is 421 g/mol. The summed E-state index contributed by atoms with van der Waals surface area (Å²) in [5, 5.41) is 21.8. The number of hydrogen-bond acceptors (Lipinski definition) is 6. The molecule has 8 nitrogen and oxygen atoms in total. The molecule has 4 rings (SSSR count). The van der Waals surface area contributed by atoms with Crippen molar-refractivity contribution in [2.45, 2.75) is 45.4 Å². The summed E-state index contributed by atoms with van der Waals surface area (Å²) in [6.07, 6.45) is 1.96. The lowest BCUT2D eigenvalue weighted by molar-refractivity contribution is 0.0951. The highest BCUT2D eigenvalue weighted by atomic mass is 19.1. The van der Waals surface area contributed by atoms with E-state index in [1.54, 1.807) is 24.3 Å². The molecule has 33 heavy (non-hydrogen) atoms. The third-order valence-electron chi connectivity index (χ3n) is 5.62. The van der Waals surface area contributed by atoms with Gasteiger partial charge in [0.1, 0.15) is 11.6 Å². The summed E-state index contributed by atoms with van der Waals surface area (Å²) >= 11 is 0. The predicted molar refractivity (Wildman–Crippen MR) is 125 cm³/mol. The molecule has 1 aliphatic rings. The molecule has 174 valence electrons. The fraction of sp³-hybridized carbons (Fsp3) is 0.375. The van der Waals surface area contributed by atoms with Gasteiger partial charge in [-0.2, -0.15) is 0 Å². The topological polar surface area (TPSA) is 95.9 Å². The van der Waals surface area contributed by atoms with Crippen molar-refractivity contribution in [3.05, 3.63) is 77.1 Å². The maximum Gasteiger partial charge on any atom is 0.251 e. The Balaban J connectivity index is 1.39. The molecule has 3 aromatic rings. The largest absolute Gasteiger partial charge is 0.378 e. The monoisotopic (exact) mass is 451 g/mol. The molecule has 1 aliphatic heterocycles. The number of nitrogens with zero attached hydrogens (tertiary/aromatic N) is 3. The van der Waals surface area contributed by atoms with E-state index in [0.29, 0.717) is 17.7 Å². The molecule has 0 aliphatic carbocycles. The number of halogens is 1. The number of amides is 1. The van der Waals surface area contributed by atoms with Crippen molar-refractivity contribution in [1.29, 1.82) is 0 Å². The van der Waals surface area contributed by atoms with Crippen LogP contribution in [0.1, 0.15) is 53.4 Å². The van der Waals surface area contributed by atoms with Gasteiger partial charge in [-0.05, 0) is 55.3 Å². The minimum Gasteiger partial charge on any atom is -0.378 e. The Morgan fingerprint density at radius 2 is 2.06 bits per heavy atom. The van der Waals surface area contributed by atoms with Gasteiger partial charge in [-0.25, -0.2) is 4.39 Å². The number of hydrogen-bond donors (Lipinski definition) is 4. The van der Waals surface area contributed by atoms with E-state index in [1.807, 2.05) is 12.1 Å². The van der Waals surface area contributed by atoms with E-state index < -0.39 is 0 Å². The zero-order chi connectivity index (χ0) is 23.0. The Kier molecular flexibility index (Phi) is 7.64. The summed E-state index contributed by atoms with van der Waals surface area (Å²) in [4.78, 5) is 12.6. The molecular formula is C24H30FN7O. The molecule has 0 radical (unpaired) electrons. The Labute approximate surface area is 193 Å². The second kappa shape index (κ2) is 11.0. The van der Waals surface area contributed by atoms with Gasteiger partial charge in [0.2, 0.25) is 0 Å². The number of aromatic nitrogens is 3. The lowest BCUT2D eigenvalue weighted by Crippen LogP contribution is -2.41. The van der Waals surface area contributed by atoms with Crippen LogP contribution < -0.4 is 21.3 Å². The summed E-state index contributed by atoms with van der Waals surface area (Å²) in [6, 6.07) is 13.7. The average molecular weight is 452 g/mol.